The van der Waals surface area contributed by atoms with Gasteiger partial charge in [0.25, 0.3) is 5.91 Å². The van der Waals surface area contributed by atoms with E-state index in [1.54, 1.807) is 4.90 Å². The number of nitrogens with two attached hydrogens (primary N) is 2. The van der Waals surface area contributed by atoms with Crippen LogP contribution in [0.15, 0.2) is 29.3 Å². The van der Waals surface area contributed by atoms with Gasteiger partial charge in [0.05, 0.1) is 6.54 Å². The molecule has 1 aromatic carbocycles. The van der Waals surface area contributed by atoms with E-state index in [1.165, 1.54) is 0 Å². The van der Waals surface area contributed by atoms with Gasteiger partial charge in [-0.2, -0.15) is 0 Å². The molecule has 5 heteroatoms. The Balaban J connectivity index is 2.14. The van der Waals surface area contributed by atoms with E-state index >= 15 is 0 Å². The molecule has 1 unspecified atom stereocenters. The van der Waals surface area contributed by atoms with E-state index < -0.39 is 5.54 Å². The van der Waals surface area contributed by atoms with Crippen LogP contribution in [0.3, 0.4) is 0 Å². The number of benzene rings is 1. The second-order valence-corrected chi connectivity index (χ2v) is 6.25. The van der Waals surface area contributed by atoms with Crippen LogP contribution >= 0.6 is 0 Å². The second kappa shape index (κ2) is 5.85. The van der Waals surface area contributed by atoms with Gasteiger partial charge in [0.1, 0.15) is 5.54 Å². The zero-order chi connectivity index (χ0) is 15.6. The number of carbonyl (C=O) groups excluding carboxylic acids is 1. The Bertz CT molecular complexity index is 550. The van der Waals surface area contributed by atoms with Crippen LogP contribution < -0.4 is 11.5 Å². The number of nitrogens with zero attached hydrogens (tertiary/aromatic N) is 2. The third-order valence-corrected chi connectivity index (χ3v) is 3.75. The molecule has 0 aliphatic carbocycles. The average Bonchev–Trinajstić information content (AvgIpc) is 2.62. The Morgan fingerprint density at radius 2 is 1.81 bits per heavy atom. The average molecular weight is 288 g/mol. The highest BCUT2D eigenvalue weighted by Gasteiger charge is 2.43. The summed E-state index contributed by atoms with van der Waals surface area (Å²) in [4.78, 5) is 18.6. The molecule has 1 amide bonds. The highest BCUT2D eigenvalue weighted by atomic mass is 16.2. The van der Waals surface area contributed by atoms with Crippen molar-refractivity contribution in [3.8, 4) is 0 Å². The first-order chi connectivity index (χ1) is 9.85. The maximum absolute atomic E-state index is 12.6. The molecule has 114 valence electrons. The van der Waals surface area contributed by atoms with Crippen molar-refractivity contribution < 1.29 is 4.79 Å². The summed E-state index contributed by atoms with van der Waals surface area (Å²) in [7, 11) is 0. The molecule has 1 aromatic rings. The lowest BCUT2D eigenvalue weighted by atomic mass is 9.91. The van der Waals surface area contributed by atoms with Gasteiger partial charge in [-0.1, -0.05) is 38.1 Å². The van der Waals surface area contributed by atoms with Crippen molar-refractivity contribution in [1.82, 2.24) is 4.90 Å². The molecule has 4 N–H and O–H groups in total. The summed E-state index contributed by atoms with van der Waals surface area (Å²) < 4.78 is 0. The lowest BCUT2D eigenvalue weighted by Gasteiger charge is -2.23. The lowest BCUT2D eigenvalue weighted by Crippen LogP contribution is -2.43. The first kappa shape index (κ1) is 15.5. The van der Waals surface area contributed by atoms with Crippen molar-refractivity contribution >= 4 is 11.9 Å². The van der Waals surface area contributed by atoms with Gasteiger partial charge in [-0.15, -0.1) is 0 Å². The van der Waals surface area contributed by atoms with Crippen molar-refractivity contribution in [1.29, 1.82) is 0 Å². The maximum Gasteiger partial charge on any atom is 0.257 e. The molecule has 0 fully saturated rings. The predicted molar refractivity (Wildman–Crippen MR) is 84.4 cm³/mol. The van der Waals surface area contributed by atoms with Crippen LogP contribution in [0.2, 0.25) is 0 Å². The molecule has 1 heterocycles. The standard InChI is InChI=1S/C16H24N4O/c1-11(2)8-16(3)14(21)20(15(18)19-16)10-13-6-4-12(9-17)5-7-13/h4-7,11H,8-10,17H2,1-3H3,(H2,18,19). The van der Waals surface area contributed by atoms with Crippen LogP contribution in [-0.2, 0) is 17.9 Å². The minimum Gasteiger partial charge on any atom is -0.369 e. The van der Waals surface area contributed by atoms with Gasteiger partial charge >= 0.3 is 0 Å². The van der Waals surface area contributed by atoms with Crippen molar-refractivity contribution in [2.75, 3.05) is 0 Å². The fourth-order valence-corrected chi connectivity index (χ4v) is 2.80. The van der Waals surface area contributed by atoms with Gasteiger partial charge in [0.2, 0.25) is 0 Å². The van der Waals surface area contributed by atoms with Crippen LogP contribution in [-0.4, -0.2) is 22.3 Å². The normalized spacial score (nSPS) is 22.0. The molecule has 0 radical (unpaired) electrons. The number of rotatable bonds is 5. The van der Waals surface area contributed by atoms with Gasteiger partial charge in [0, 0.05) is 6.54 Å². The van der Waals surface area contributed by atoms with Gasteiger partial charge in [-0.3, -0.25) is 9.69 Å². The molecule has 21 heavy (non-hydrogen) atoms. The van der Waals surface area contributed by atoms with Crippen LogP contribution in [0, 0.1) is 5.92 Å². The van der Waals surface area contributed by atoms with Crippen molar-refractivity contribution in [2.24, 2.45) is 22.4 Å². The fourth-order valence-electron chi connectivity index (χ4n) is 2.80. The molecular formula is C16H24N4O. The highest BCUT2D eigenvalue weighted by Crippen LogP contribution is 2.29. The molecule has 2 rings (SSSR count). The largest absolute Gasteiger partial charge is 0.369 e. The number of hydrogen-bond donors (Lipinski definition) is 2. The van der Waals surface area contributed by atoms with Gasteiger partial charge in [-0.05, 0) is 30.4 Å². The quantitative estimate of drug-likeness (QED) is 0.863. The Morgan fingerprint density at radius 3 is 2.33 bits per heavy atom. The van der Waals surface area contributed by atoms with Gasteiger partial charge < -0.3 is 11.5 Å². The smallest absolute Gasteiger partial charge is 0.257 e. The Morgan fingerprint density at radius 1 is 1.24 bits per heavy atom. The molecule has 0 spiro atoms. The number of guanidine groups is 1. The van der Waals surface area contributed by atoms with Gasteiger partial charge in [-0.25, -0.2) is 4.99 Å². The minimum atomic E-state index is -0.727. The summed E-state index contributed by atoms with van der Waals surface area (Å²) >= 11 is 0. The van der Waals surface area contributed by atoms with Crippen molar-refractivity contribution in [3.05, 3.63) is 35.4 Å². The molecule has 5 nitrogen and oxygen atoms in total. The Kier molecular flexibility index (Phi) is 4.32. The zero-order valence-electron chi connectivity index (χ0n) is 13.0. The molecular weight excluding hydrogens is 264 g/mol. The SMILES string of the molecule is CC(C)CC1(C)N=C(N)N(Cc2ccc(CN)cc2)C1=O. The van der Waals surface area contributed by atoms with Crippen molar-refractivity contribution in [2.45, 2.75) is 45.8 Å². The van der Waals surface area contributed by atoms with E-state index in [1.807, 2.05) is 31.2 Å². The first-order valence-electron chi connectivity index (χ1n) is 7.31. The van der Waals surface area contributed by atoms with Crippen LogP contribution in [0.4, 0.5) is 0 Å². The minimum absolute atomic E-state index is 0.0170. The maximum atomic E-state index is 12.6. The van der Waals surface area contributed by atoms with Gasteiger partial charge in [0.15, 0.2) is 5.96 Å². The second-order valence-electron chi connectivity index (χ2n) is 6.25. The summed E-state index contributed by atoms with van der Waals surface area (Å²) in [5, 5.41) is 0. The van der Waals surface area contributed by atoms with E-state index in [9.17, 15) is 4.79 Å². The summed E-state index contributed by atoms with van der Waals surface area (Å²) in [6.07, 6.45) is 0.704. The molecule has 1 aliphatic heterocycles. The van der Waals surface area contributed by atoms with Crippen LogP contribution in [0.5, 0.6) is 0 Å². The molecule has 0 saturated heterocycles. The molecule has 0 aromatic heterocycles. The van der Waals surface area contributed by atoms with Crippen molar-refractivity contribution in [3.63, 3.8) is 0 Å². The van der Waals surface area contributed by atoms with E-state index in [0.717, 1.165) is 11.1 Å². The predicted octanol–water partition coefficient (Wildman–Crippen LogP) is 1.61. The van der Waals surface area contributed by atoms with E-state index in [0.29, 0.717) is 31.4 Å². The number of carbonyl (C=O) groups is 1. The Hall–Kier alpha value is -1.88. The first-order valence-corrected chi connectivity index (χ1v) is 7.31. The third kappa shape index (κ3) is 3.24. The summed E-state index contributed by atoms with van der Waals surface area (Å²) in [5.41, 5.74) is 12.9. The van der Waals surface area contributed by atoms with E-state index in [4.69, 9.17) is 11.5 Å². The van der Waals surface area contributed by atoms with E-state index in [-0.39, 0.29) is 5.91 Å². The zero-order valence-corrected chi connectivity index (χ0v) is 13.0. The molecule has 1 aliphatic rings. The summed E-state index contributed by atoms with van der Waals surface area (Å²) in [6, 6.07) is 7.88. The topological polar surface area (TPSA) is 84.7 Å². The molecule has 0 saturated carbocycles. The third-order valence-electron chi connectivity index (χ3n) is 3.75. The Labute approximate surface area is 126 Å². The fraction of sp³-hybridized carbons (Fsp3) is 0.500. The van der Waals surface area contributed by atoms with E-state index in [2.05, 4.69) is 18.8 Å². The highest BCUT2D eigenvalue weighted by molar-refractivity contribution is 6.06. The number of aliphatic imine (C=N–C) groups is 1. The van der Waals surface area contributed by atoms with Crippen LogP contribution in [0.1, 0.15) is 38.3 Å². The lowest BCUT2D eigenvalue weighted by molar-refractivity contribution is -0.131. The monoisotopic (exact) mass is 288 g/mol. The van der Waals surface area contributed by atoms with Crippen LogP contribution in [0.25, 0.3) is 0 Å². The summed E-state index contributed by atoms with van der Waals surface area (Å²) in [6.45, 7) is 6.99. The number of amides is 1. The molecule has 0 bridgehead atoms. The summed E-state index contributed by atoms with van der Waals surface area (Å²) in [5.74, 6) is 0.682. The molecule has 1 atom stereocenters. The number of hydrogen-bond acceptors (Lipinski definition) is 4.